The van der Waals surface area contributed by atoms with Gasteiger partial charge in [0.2, 0.25) is 15.9 Å². The third-order valence-corrected chi connectivity index (χ3v) is 5.48. The molecule has 0 aliphatic rings. The summed E-state index contributed by atoms with van der Waals surface area (Å²) in [6, 6.07) is 2.96. The highest BCUT2D eigenvalue weighted by atomic mass is 32.2. The van der Waals surface area contributed by atoms with Gasteiger partial charge in [-0.15, -0.1) is 0 Å². The van der Waals surface area contributed by atoms with Crippen LogP contribution in [0.25, 0.3) is 0 Å². The van der Waals surface area contributed by atoms with Gasteiger partial charge in [0.25, 0.3) is 0 Å². The molecular weight excluding hydrogens is 357 g/mol. The Kier molecular flexibility index (Phi) is 7.43. The Hall–Kier alpha value is -1.61. The van der Waals surface area contributed by atoms with E-state index in [1.807, 2.05) is 0 Å². The Morgan fingerprint density at radius 2 is 1.84 bits per heavy atom. The van der Waals surface area contributed by atoms with Crippen molar-refractivity contribution in [2.45, 2.75) is 44.7 Å². The molecule has 9 heteroatoms. The number of benzene rings is 1. The molecule has 5 nitrogen and oxygen atoms in total. The van der Waals surface area contributed by atoms with Gasteiger partial charge in [0.15, 0.2) is 0 Å². The van der Waals surface area contributed by atoms with Crippen LogP contribution in [0.3, 0.4) is 0 Å². The van der Waals surface area contributed by atoms with E-state index in [0.29, 0.717) is 19.0 Å². The molecule has 1 N–H and O–H groups in total. The normalized spacial score (nSPS) is 12.4. The van der Waals surface area contributed by atoms with Crippen molar-refractivity contribution >= 4 is 15.9 Å². The van der Waals surface area contributed by atoms with Crippen LogP contribution in [0.4, 0.5) is 13.2 Å². The van der Waals surface area contributed by atoms with E-state index < -0.39 is 26.7 Å². The summed E-state index contributed by atoms with van der Waals surface area (Å²) in [5, 5.41) is 2.56. The first kappa shape index (κ1) is 21.4. The molecule has 0 aliphatic carbocycles. The number of rotatable bonds is 8. The number of carbonyl (C=O) groups excluding carboxylic acids is 1. The monoisotopic (exact) mass is 380 g/mol. The Morgan fingerprint density at radius 1 is 1.20 bits per heavy atom. The van der Waals surface area contributed by atoms with Crippen molar-refractivity contribution in [3.63, 3.8) is 0 Å². The molecular formula is C16H23F3N2O3S. The smallest absolute Gasteiger partial charge is 0.356 e. The van der Waals surface area contributed by atoms with Crippen molar-refractivity contribution in [2.24, 2.45) is 0 Å². The molecule has 0 saturated carbocycles. The van der Waals surface area contributed by atoms with Crippen LogP contribution in [0.15, 0.2) is 23.1 Å². The van der Waals surface area contributed by atoms with Gasteiger partial charge in [-0.05, 0) is 38.0 Å². The number of sulfonamides is 1. The minimum Gasteiger partial charge on any atom is -0.356 e. The largest absolute Gasteiger partial charge is 0.416 e. The third kappa shape index (κ3) is 5.71. The molecule has 1 aromatic carbocycles. The Balaban J connectivity index is 3.15. The van der Waals surface area contributed by atoms with Crippen LogP contribution < -0.4 is 5.32 Å². The summed E-state index contributed by atoms with van der Waals surface area (Å²) in [7, 11) is -4.12. The topological polar surface area (TPSA) is 66.5 Å². The van der Waals surface area contributed by atoms with Crippen LogP contribution in [-0.4, -0.2) is 38.3 Å². The van der Waals surface area contributed by atoms with Crippen molar-refractivity contribution < 1.29 is 26.4 Å². The maximum absolute atomic E-state index is 13.0. The van der Waals surface area contributed by atoms with Crippen molar-refractivity contribution in [3.05, 3.63) is 29.3 Å². The molecule has 0 unspecified atom stereocenters. The van der Waals surface area contributed by atoms with E-state index in [-0.39, 0.29) is 31.0 Å². The van der Waals surface area contributed by atoms with Crippen LogP contribution in [0.1, 0.15) is 37.8 Å². The third-order valence-electron chi connectivity index (χ3n) is 3.59. The van der Waals surface area contributed by atoms with Crippen LogP contribution in [0.5, 0.6) is 0 Å². The van der Waals surface area contributed by atoms with Crippen molar-refractivity contribution in [1.29, 1.82) is 0 Å². The zero-order chi connectivity index (χ0) is 19.3. The lowest BCUT2D eigenvalue weighted by atomic mass is 10.1. The van der Waals surface area contributed by atoms with Crippen molar-refractivity contribution in [2.75, 3.05) is 19.6 Å². The number of alkyl halides is 3. The molecule has 0 radical (unpaired) electrons. The van der Waals surface area contributed by atoms with Crippen LogP contribution >= 0.6 is 0 Å². The first-order valence-electron chi connectivity index (χ1n) is 7.98. The summed E-state index contributed by atoms with van der Waals surface area (Å²) in [6.07, 6.45) is -4.20. The molecule has 25 heavy (non-hydrogen) atoms. The van der Waals surface area contributed by atoms with E-state index in [1.165, 1.54) is 6.92 Å². The van der Waals surface area contributed by atoms with Gasteiger partial charge in [0.05, 0.1) is 10.5 Å². The fourth-order valence-electron chi connectivity index (χ4n) is 2.33. The zero-order valence-corrected chi connectivity index (χ0v) is 15.3. The van der Waals surface area contributed by atoms with Gasteiger partial charge < -0.3 is 5.32 Å². The predicted octanol–water partition coefficient (Wildman–Crippen LogP) is 2.94. The van der Waals surface area contributed by atoms with Gasteiger partial charge in [-0.25, -0.2) is 8.42 Å². The first-order chi connectivity index (χ1) is 11.5. The fourth-order valence-corrected chi connectivity index (χ4v) is 3.89. The Morgan fingerprint density at radius 3 is 2.36 bits per heavy atom. The summed E-state index contributed by atoms with van der Waals surface area (Å²) in [5.74, 6) is -0.307. The average molecular weight is 380 g/mol. The number of carbonyl (C=O) groups is 1. The first-order valence-corrected chi connectivity index (χ1v) is 9.42. The van der Waals surface area contributed by atoms with E-state index in [0.717, 1.165) is 16.4 Å². The molecule has 0 fully saturated rings. The average Bonchev–Trinajstić information content (AvgIpc) is 2.50. The SMILES string of the molecule is CCCN(CCC(=O)NCC)S(=O)(=O)c1ccc(C)c(C(F)(F)F)c1. The lowest BCUT2D eigenvalue weighted by molar-refractivity contribution is -0.138. The van der Waals surface area contributed by atoms with Gasteiger partial charge in [-0.3, -0.25) is 4.79 Å². The second kappa shape index (κ2) is 8.66. The molecule has 0 aromatic heterocycles. The lowest BCUT2D eigenvalue weighted by Gasteiger charge is -2.22. The predicted molar refractivity (Wildman–Crippen MR) is 88.5 cm³/mol. The van der Waals surface area contributed by atoms with Gasteiger partial charge in [0.1, 0.15) is 0 Å². The van der Waals surface area contributed by atoms with Gasteiger partial charge in [-0.2, -0.15) is 17.5 Å². The van der Waals surface area contributed by atoms with E-state index in [1.54, 1.807) is 13.8 Å². The number of hydrogen-bond donors (Lipinski definition) is 1. The van der Waals surface area contributed by atoms with E-state index in [9.17, 15) is 26.4 Å². The lowest BCUT2D eigenvalue weighted by Crippen LogP contribution is -2.36. The van der Waals surface area contributed by atoms with Crippen LogP contribution in [0, 0.1) is 6.92 Å². The molecule has 1 aromatic rings. The highest BCUT2D eigenvalue weighted by Gasteiger charge is 2.34. The second-order valence-electron chi connectivity index (χ2n) is 5.58. The van der Waals surface area contributed by atoms with E-state index in [4.69, 9.17) is 0 Å². The summed E-state index contributed by atoms with van der Waals surface area (Å²) in [6.45, 7) is 5.23. The van der Waals surface area contributed by atoms with Crippen molar-refractivity contribution in [1.82, 2.24) is 9.62 Å². The molecule has 0 heterocycles. The minimum atomic E-state index is -4.63. The van der Waals surface area contributed by atoms with Gasteiger partial charge in [-0.1, -0.05) is 13.0 Å². The number of hydrogen-bond acceptors (Lipinski definition) is 3. The molecule has 0 saturated heterocycles. The maximum Gasteiger partial charge on any atom is 0.416 e. The molecule has 0 bridgehead atoms. The standard InChI is InChI=1S/C16H23F3N2O3S/c1-4-9-21(10-8-15(22)20-5-2)25(23,24)13-7-6-12(3)14(11-13)16(17,18)19/h6-7,11H,4-5,8-10H2,1-3H3,(H,20,22). The minimum absolute atomic E-state index is 0.0455. The van der Waals surface area contributed by atoms with Crippen LogP contribution in [0.2, 0.25) is 0 Å². The summed E-state index contributed by atoms with van der Waals surface area (Å²) in [4.78, 5) is 11.1. The van der Waals surface area contributed by atoms with E-state index >= 15 is 0 Å². The molecule has 1 rings (SSSR count). The molecule has 0 atom stereocenters. The molecule has 0 aliphatic heterocycles. The zero-order valence-electron chi connectivity index (χ0n) is 14.5. The number of amides is 1. The number of aryl methyl sites for hydroxylation is 1. The highest BCUT2D eigenvalue weighted by molar-refractivity contribution is 7.89. The maximum atomic E-state index is 13.0. The quantitative estimate of drug-likeness (QED) is 0.754. The highest BCUT2D eigenvalue weighted by Crippen LogP contribution is 2.33. The fraction of sp³-hybridized carbons (Fsp3) is 0.562. The summed E-state index contributed by atoms with van der Waals surface area (Å²) >= 11 is 0. The summed E-state index contributed by atoms with van der Waals surface area (Å²) < 4.78 is 65.6. The molecule has 142 valence electrons. The number of nitrogens with zero attached hydrogens (tertiary/aromatic N) is 1. The Labute approximate surface area is 146 Å². The number of nitrogens with one attached hydrogen (secondary N) is 1. The second-order valence-corrected chi connectivity index (χ2v) is 7.52. The van der Waals surface area contributed by atoms with Crippen molar-refractivity contribution in [3.8, 4) is 0 Å². The van der Waals surface area contributed by atoms with Gasteiger partial charge >= 0.3 is 6.18 Å². The number of halogens is 3. The van der Waals surface area contributed by atoms with Crippen LogP contribution in [-0.2, 0) is 21.0 Å². The Bertz CT molecular complexity index is 703. The molecule has 1 amide bonds. The molecule has 0 spiro atoms. The van der Waals surface area contributed by atoms with E-state index in [2.05, 4.69) is 5.32 Å². The summed E-state index contributed by atoms with van der Waals surface area (Å²) in [5.41, 5.74) is -1.02. The van der Waals surface area contributed by atoms with Gasteiger partial charge in [0, 0.05) is 26.1 Å².